The molecule has 0 unspecified atom stereocenters. The summed E-state index contributed by atoms with van der Waals surface area (Å²) in [6.07, 6.45) is 0.415. The summed E-state index contributed by atoms with van der Waals surface area (Å²) in [5, 5.41) is 8.77. The van der Waals surface area contributed by atoms with Gasteiger partial charge in [0.05, 0.1) is 18.7 Å². The molecule has 3 aromatic rings. The van der Waals surface area contributed by atoms with Gasteiger partial charge in [-0.2, -0.15) is 0 Å². The molecule has 1 amide bonds. The Labute approximate surface area is 177 Å². The molecule has 0 saturated carbocycles. The molecule has 2 aromatic carbocycles. The fraction of sp³-hybridized carbons (Fsp3) is 0.292. The highest BCUT2D eigenvalue weighted by Gasteiger charge is 2.22. The minimum atomic E-state index is 0.157. The van der Waals surface area contributed by atoms with Gasteiger partial charge in [0.15, 0.2) is 5.82 Å². The van der Waals surface area contributed by atoms with Crippen molar-refractivity contribution in [2.45, 2.75) is 13.3 Å². The van der Waals surface area contributed by atoms with Crippen molar-refractivity contribution in [3.05, 3.63) is 72.3 Å². The molecule has 4 rings (SSSR count). The van der Waals surface area contributed by atoms with Gasteiger partial charge in [0.2, 0.25) is 5.91 Å². The number of hydrogen-bond donors (Lipinski definition) is 0. The molecule has 0 radical (unpaired) electrons. The van der Waals surface area contributed by atoms with Gasteiger partial charge in [-0.15, -0.1) is 10.2 Å². The molecule has 6 heteroatoms. The minimum absolute atomic E-state index is 0.157. The van der Waals surface area contributed by atoms with E-state index in [2.05, 4.69) is 15.1 Å². The smallest absolute Gasteiger partial charge is 0.227 e. The SMILES string of the molecule is CCOc1ccc(CC(=O)N2CCN(c3ccc(-c4ccccc4)nn3)CC2)cc1. The molecule has 0 atom stereocenters. The maximum atomic E-state index is 12.7. The lowest BCUT2D eigenvalue weighted by molar-refractivity contribution is -0.130. The number of piperazine rings is 1. The Bertz CT molecular complexity index is 951. The molecule has 2 heterocycles. The van der Waals surface area contributed by atoms with Crippen LogP contribution in [0, 0.1) is 0 Å². The van der Waals surface area contributed by atoms with E-state index in [1.807, 2.05) is 78.6 Å². The van der Waals surface area contributed by atoms with Crippen molar-refractivity contribution >= 4 is 11.7 Å². The van der Waals surface area contributed by atoms with E-state index in [0.29, 0.717) is 26.1 Å². The molecule has 0 aliphatic carbocycles. The first-order chi connectivity index (χ1) is 14.7. The van der Waals surface area contributed by atoms with Gasteiger partial charge in [0.1, 0.15) is 5.75 Å². The number of nitrogens with zero attached hydrogens (tertiary/aromatic N) is 4. The van der Waals surface area contributed by atoms with Gasteiger partial charge in [-0.3, -0.25) is 4.79 Å². The molecule has 30 heavy (non-hydrogen) atoms. The minimum Gasteiger partial charge on any atom is -0.494 e. The highest BCUT2D eigenvalue weighted by molar-refractivity contribution is 5.79. The van der Waals surface area contributed by atoms with Gasteiger partial charge < -0.3 is 14.5 Å². The van der Waals surface area contributed by atoms with Crippen LogP contribution in [0.3, 0.4) is 0 Å². The number of rotatable bonds is 6. The summed E-state index contributed by atoms with van der Waals surface area (Å²) in [5.41, 5.74) is 2.93. The Morgan fingerprint density at radius 3 is 2.27 bits per heavy atom. The zero-order chi connectivity index (χ0) is 20.8. The summed E-state index contributed by atoms with van der Waals surface area (Å²) < 4.78 is 5.46. The average Bonchev–Trinajstić information content (AvgIpc) is 2.81. The molecule has 154 valence electrons. The van der Waals surface area contributed by atoms with Gasteiger partial charge in [-0.1, -0.05) is 42.5 Å². The van der Waals surface area contributed by atoms with E-state index in [1.165, 1.54) is 0 Å². The Balaban J connectivity index is 1.30. The van der Waals surface area contributed by atoms with E-state index in [-0.39, 0.29) is 5.91 Å². The summed E-state index contributed by atoms with van der Waals surface area (Å²) in [6, 6.07) is 21.8. The van der Waals surface area contributed by atoms with Crippen LogP contribution in [0.25, 0.3) is 11.3 Å². The topological polar surface area (TPSA) is 58.6 Å². The quantitative estimate of drug-likeness (QED) is 0.632. The summed E-state index contributed by atoms with van der Waals surface area (Å²) >= 11 is 0. The van der Waals surface area contributed by atoms with Crippen molar-refractivity contribution in [3.8, 4) is 17.0 Å². The van der Waals surface area contributed by atoms with Gasteiger partial charge in [0.25, 0.3) is 0 Å². The first-order valence-electron chi connectivity index (χ1n) is 10.4. The third-order valence-electron chi connectivity index (χ3n) is 5.27. The first-order valence-corrected chi connectivity index (χ1v) is 10.4. The molecular formula is C24H26N4O2. The number of aromatic nitrogens is 2. The molecule has 1 fully saturated rings. The van der Waals surface area contributed by atoms with Crippen LogP contribution in [0.4, 0.5) is 5.82 Å². The highest BCUT2D eigenvalue weighted by Crippen LogP contribution is 2.19. The van der Waals surface area contributed by atoms with E-state index in [4.69, 9.17) is 4.74 Å². The second kappa shape index (κ2) is 9.39. The predicted octanol–water partition coefficient (Wildman–Crippen LogP) is 3.43. The lowest BCUT2D eigenvalue weighted by atomic mass is 10.1. The van der Waals surface area contributed by atoms with Crippen LogP contribution < -0.4 is 9.64 Å². The summed E-state index contributed by atoms with van der Waals surface area (Å²) in [5.74, 6) is 1.85. The van der Waals surface area contributed by atoms with Crippen LogP contribution in [-0.2, 0) is 11.2 Å². The highest BCUT2D eigenvalue weighted by atomic mass is 16.5. The van der Waals surface area contributed by atoms with Crippen LogP contribution >= 0.6 is 0 Å². The fourth-order valence-corrected chi connectivity index (χ4v) is 3.60. The number of carbonyl (C=O) groups is 1. The molecule has 6 nitrogen and oxygen atoms in total. The zero-order valence-corrected chi connectivity index (χ0v) is 17.2. The number of amides is 1. The second-order valence-corrected chi connectivity index (χ2v) is 7.26. The van der Waals surface area contributed by atoms with E-state index in [9.17, 15) is 4.79 Å². The molecule has 0 N–H and O–H groups in total. The molecule has 1 aliphatic heterocycles. The van der Waals surface area contributed by atoms with Gasteiger partial charge in [-0.05, 0) is 36.8 Å². The maximum absolute atomic E-state index is 12.7. The Hall–Kier alpha value is -3.41. The first kappa shape index (κ1) is 19.9. The van der Waals surface area contributed by atoms with Gasteiger partial charge in [-0.25, -0.2) is 0 Å². The number of hydrogen-bond acceptors (Lipinski definition) is 5. The average molecular weight is 402 g/mol. The van der Waals surface area contributed by atoms with E-state index in [0.717, 1.165) is 41.5 Å². The lowest BCUT2D eigenvalue weighted by Gasteiger charge is -2.35. The van der Waals surface area contributed by atoms with Crippen molar-refractivity contribution in [1.82, 2.24) is 15.1 Å². The van der Waals surface area contributed by atoms with Crippen LogP contribution in [0.5, 0.6) is 5.75 Å². The molecule has 1 saturated heterocycles. The largest absolute Gasteiger partial charge is 0.494 e. The fourth-order valence-electron chi connectivity index (χ4n) is 3.60. The molecular weight excluding hydrogens is 376 g/mol. The normalized spacial score (nSPS) is 13.9. The van der Waals surface area contributed by atoms with Gasteiger partial charge in [0, 0.05) is 31.7 Å². The second-order valence-electron chi connectivity index (χ2n) is 7.26. The van der Waals surface area contributed by atoms with E-state index >= 15 is 0 Å². The van der Waals surface area contributed by atoms with Gasteiger partial charge >= 0.3 is 0 Å². The van der Waals surface area contributed by atoms with Crippen LogP contribution in [0.1, 0.15) is 12.5 Å². The number of ether oxygens (including phenoxy) is 1. The summed E-state index contributed by atoms with van der Waals surface area (Å²) in [7, 11) is 0. The molecule has 1 aromatic heterocycles. The Morgan fingerprint density at radius 1 is 0.900 bits per heavy atom. The van der Waals surface area contributed by atoms with E-state index < -0.39 is 0 Å². The van der Waals surface area contributed by atoms with Crippen LogP contribution in [-0.4, -0.2) is 53.8 Å². The van der Waals surface area contributed by atoms with Crippen molar-refractivity contribution in [2.24, 2.45) is 0 Å². The van der Waals surface area contributed by atoms with Crippen molar-refractivity contribution in [1.29, 1.82) is 0 Å². The van der Waals surface area contributed by atoms with Crippen molar-refractivity contribution < 1.29 is 9.53 Å². The molecule has 1 aliphatic rings. The monoisotopic (exact) mass is 402 g/mol. The number of anilines is 1. The Kier molecular flexibility index (Phi) is 6.23. The standard InChI is InChI=1S/C24H26N4O2/c1-2-30-21-10-8-19(9-11-21)18-24(29)28-16-14-27(15-17-28)23-13-12-22(25-26-23)20-6-4-3-5-7-20/h3-13H,2,14-18H2,1H3. The van der Waals surface area contributed by atoms with Crippen molar-refractivity contribution in [3.63, 3.8) is 0 Å². The lowest BCUT2D eigenvalue weighted by Crippen LogP contribution is -2.49. The zero-order valence-electron chi connectivity index (χ0n) is 17.2. The maximum Gasteiger partial charge on any atom is 0.227 e. The summed E-state index contributed by atoms with van der Waals surface area (Å²) in [4.78, 5) is 16.8. The summed E-state index contributed by atoms with van der Waals surface area (Å²) in [6.45, 7) is 5.50. The van der Waals surface area contributed by atoms with E-state index in [1.54, 1.807) is 0 Å². The van der Waals surface area contributed by atoms with Crippen molar-refractivity contribution in [2.75, 3.05) is 37.7 Å². The number of carbonyl (C=O) groups excluding carboxylic acids is 1. The Morgan fingerprint density at radius 2 is 1.63 bits per heavy atom. The predicted molar refractivity (Wildman–Crippen MR) is 118 cm³/mol. The third kappa shape index (κ3) is 4.76. The molecule has 0 bridgehead atoms. The van der Waals surface area contributed by atoms with Crippen LogP contribution in [0.15, 0.2) is 66.7 Å². The number of benzene rings is 2. The van der Waals surface area contributed by atoms with Crippen LogP contribution in [0.2, 0.25) is 0 Å². The third-order valence-corrected chi connectivity index (χ3v) is 5.27. The molecule has 0 spiro atoms.